The lowest BCUT2D eigenvalue weighted by atomic mass is 9.90. The van der Waals surface area contributed by atoms with Crippen LogP contribution in [0.2, 0.25) is 0 Å². The lowest BCUT2D eigenvalue weighted by Crippen LogP contribution is -2.73. The van der Waals surface area contributed by atoms with Gasteiger partial charge >= 0.3 is 11.9 Å². The summed E-state index contributed by atoms with van der Waals surface area (Å²) in [6.07, 6.45) is -5.69. The van der Waals surface area contributed by atoms with E-state index in [1.54, 1.807) is 0 Å². The summed E-state index contributed by atoms with van der Waals surface area (Å²) in [5, 5.41) is 43.0. The third-order valence-electron chi connectivity index (χ3n) is 4.43. The molecule has 2 rings (SSSR count). The molecule has 0 aromatic carbocycles. The van der Waals surface area contributed by atoms with Crippen molar-refractivity contribution in [2.45, 2.75) is 36.5 Å². The lowest BCUT2D eigenvalue weighted by molar-refractivity contribution is -0.149. The highest BCUT2D eigenvalue weighted by atomic mass is 32.1. The molecule has 2 aliphatic rings. The number of hydrogen-bond acceptors (Lipinski definition) is 10. The minimum atomic E-state index is -1.74. The van der Waals surface area contributed by atoms with Gasteiger partial charge in [-0.2, -0.15) is 0 Å². The van der Waals surface area contributed by atoms with E-state index in [1.807, 2.05) is 0 Å². The van der Waals surface area contributed by atoms with Crippen molar-refractivity contribution >= 4 is 35.2 Å². The van der Waals surface area contributed by atoms with Gasteiger partial charge in [-0.05, 0) is 12.2 Å². The fourth-order valence-electron chi connectivity index (χ4n) is 2.96. The first-order valence-corrected chi connectivity index (χ1v) is 8.34. The zero-order valence-corrected chi connectivity index (χ0v) is 15.1. The molecule has 2 aliphatic heterocycles. The monoisotopic (exact) mass is 407 g/mol. The number of amides is 1. The summed E-state index contributed by atoms with van der Waals surface area (Å²) in [6.45, 7) is -1.54. The van der Waals surface area contributed by atoms with Crippen LogP contribution in [0.5, 0.6) is 0 Å². The van der Waals surface area contributed by atoms with Crippen LogP contribution < -0.4 is 10.6 Å². The van der Waals surface area contributed by atoms with E-state index >= 15 is 0 Å². The zero-order valence-electron chi connectivity index (χ0n) is 14.3. The van der Waals surface area contributed by atoms with Gasteiger partial charge in [0.15, 0.2) is 11.3 Å². The van der Waals surface area contributed by atoms with Crippen molar-refractivity contribution in [3.05, 3.63) is 0 Å². The Bertz CT molecular complexity index is 633. The van der Waals surface area contributed by atoms with Crippen LogP contribution in [0, 0.1) is 0 Å². The molecule has 1 unspecified atom stereocenters. The van der Waals surface area contributed by atoms with Crippen molar-refractivity contribution in [1.82, 2.24) is 15.5 Å². The Balaban J connectivity index is 2.31. The molecule has 27 heavy (non-hydrogen) atoms. The molecule has 6 N–H and O–H groups in total. The Morgan fingerprint density at radius 2 is 2.11 bits per heavy atom. The van der Waals surface area contributed by atoms with Crippen molar-refractivity contribution < 1.29 is 44.3 Å². The minimum absolute atomic E-state index is 0.146. The van der Waals surface area contributed by atoms with Crippen molar-refractivity contribution in [2.24, 2.45) is 0 Å². The number of carbonyl (C=O) groups is 3. The van der Waals surface area contributed by atoms with Crippen molar-refractivity contribution in [2.75, 3.05) is 26.8 Å². The summed E-state index contributed by atoms with van der Waals surface area (Å²) >= 11 is 5.09. The maximum Gasteiger partial charge on any atom is 0.317 e. The van der Waals surface area contributed by atoms with E-state index < -0.39 is 67.5 Å². The van der Waals surface area contributed by atoms with Gasteiger partial charge in [-0.1, -0.05) is 0 Å². The lowest BCUT2D eigenvalue weighted by Gasteiger charge is -2.45. The number of ether oxygens (including phenoxy) is 2. The second kappa shape index (κ2) is 8.41. The predicted molar refractivity (Wildman–Crippen MR) is 90.2 cm³/mol. The molecule has 1 amide bonds. The number of esters is 1. The quantitative estimate of drug-likeness (QED) is 0.179. The van der Waals surface area contributed by atoms with E-state index in [9.17, 15) is 29.7 Å². The Morgan fingerprint density at radius 1 is 1.44 bits per heavy atom. The fourth-order valence-corrected chi connectivity index (χ4v) is 3.23. The Morgan fingerprint density at radius 3 is 2.63 bits per heavy atom. The van der Waals surface area contributed by atoms with Gasteiger partial charge in [0.25, 0.3) is 0 Å². The van der Waals surface area contributed by atoms with E-state index in [0.29, 0.717) is 0 Å². The molecule has 5 atom stereocenters. The average Bonchev–Trinajstić information content (AvgIpc) is 2.90. The largest absolute Gasteiger partial charge is 0.480 e. The molecule has 152 valence electrons. The number of rotatable bonds is 7. The minimum Gasteiger partial charge on any atom is -0.480 e. The predicted octanol–water partition coefficient (Wildman–Crippen LogP) is -3.88. The van der Waals surface area contributed by atoms with Gasteiger partial charge < -0.3 is 40.1 Å². The van der Waals surface area contributed by atoms with Crippen molar-refractivity contribution in [3.63, 3.8) is 0 Å². The summed E-state index contributed by atoms with van der Waals surface area (Å²) in [5.41, 5.74) is -1.74. The highest BCUT2D eigenvalue weighted by Gasteiger charge is 2.53. The van der Waals surface area contributed by atoms with Crippen LogP contribution in [0.4, 0.5) is 0 Å². The first-order chi connectivity index (χ1) is 12.6. The van der Waals surface area contributed by atoms with Gasteiger partial charge in [-0.3, -0.25) is 19.7 Å². The van der Waals surface area contributed by atoms with Crippen molar-refractivity contribution in [3.8, 4) is 0 Å². The van der Waals surface area contributed by atoms with Crippen LogP contribution >= 0.6 is 12.2 Å². The summed E-state index contributed by atoms with van der Waals surface area (Å²) in [6, 6.07) is 0. The fraction of sp³-hybridized carbons (Fsp3) is 0.714. The molecule has 0 bridgehead atoms. The molecule has 0 aromatic heterocycles. The Kier molecular flexibility index (Phi) is 6.67. The molecule has 0 saturated carbocycles. The highest BCUT2D eigenvalue weighted by molar-refractivity contribution is 7.80. The van der Waals surface area contributed by atoms with Crippen molar-refractivity contribution in [1.29, 1.82) is 0 Å². The van der Waals surface area contributed by atoms with E-state index in [2.05, 4.69) is 15.4 Å². The van der Waals surface area contributed by atoms with Crippen LogP contribution in [0.15, 0.2) is 0 Å². The van der Waals surface area contributed by atoms with Gasteiger partial charge in [0.1, 0.15) is 23.9 Å². The number of hydrogen-bond donors (Lipinski definition) is 6. The number of aliphatic hydroxyl groups is 3. The normalized spacial score (nSPS) is 33.7. The number of aliphatic carboxylic acids is 1. The molecule has 2 heterocycles. The number of carbonyl (C=O) groups excluding carboxylic acids is 2. The topological polar surface area (TPSA) is 178 Å². The number of nitrogens with one attached hydrogen (secondary N) is 2. The molecule has 2 fully saturated rings. The van der Waals surface area contributed by atoms with E-state index in [1.165, 1.54) is 4.90 Å². The van der Waals surface area contributed by atoms with Crippen LogP contribution in [-0.4, -0.2) is 105 Å². The van der Waals surface area contributed by atoms with Gasteiger partial charge in [0.05, 0.1) is 33.2 Å². The summed E-state index contributed by atoms with van der Waals surface area (Å²) in [7, 11) is 1.11. The number of thiocarbonyl (C=S) groups is 1. The molecule has 0 radical (unpaired) electrons. The SMILES string of the molecule is COC(=O)CC1(NCC(=O)O)CN([C@@H]2O[C@H](CO)[C@@H](O)[C@H]2O)C(=S)NC1=O. The molecule has 0 aliphatic carbocycles. The van der Waals surface area contributed by atoms with E-state index in [0.717, 1.165) is 7.11 Å². The zero-order chi connectivity index (χ0) is 20.4. The number of carboxylic acids is 1. The molecule has 0 spiro atoms. The Hall–Kier alpha value is -1.90. The summed E-state index contributed by atoms with van der Waals surface area (Å²) in [5.74, 6) is -2.79. The molecular weight excluding hydrogens is 386 g/mol. The standard InChI is InChI=1S/C14H21N3O9S/c1-25-8(21)2-14(15-3-7(19)20)5-17(13(27)16-12(14)24)11-10(23)9(22)6(4-18)26-11/h6,9-11,15,18,22-23H,2-5H2,1H3,(H,19,20)(H,16,24,27)/t6-,9-,10-,11-,14?/m1/s1. The highest BCUT2D eigenvalue weighted by Crippen LogP contribution is 2.28. The van der Waals surface area contributed by atoms with Crippen LogP contribution in [-0.2, 0) is 23.9 Å². The maximum atomic E-state index is 12.5. The van der Waals surface area contributed by atoms with Crippen LogP contribution in [0.1, 0.15) is 6.42 Å². The summed E-state index contributed by atoms with van der Waals surface area (Å²) in [4.78, 5) is 36.5. The number of carboxylic acid groups (broad SMARTS) is 1. The number of aliphatic hydroxyl groups excluding tert-OH is 3. The second-order valence-electron chi connectivity index (χ2n) is 6.20. The maximum absolute atomic E-state index is 12.5. The third kappa shape index (κ3) is 4.34. The molecule has 12 nitrogen and oxygen atoms in total. The first-order valence-electron chi connectivity index (χ1n) is 7.93. The summed E-state index contributed by atoms with van der Waals surface area (Å²) < 4.78 is 9.99. The smallest absolute Gasteiger partial charge is 0.317 e. The Labute approximate surface area is 159 Å². The van der Waals surface area contributed by atoms with Gasteiger partial charge in [0.2, 0.25) is 5.91 Å². The van der Waals surface area contributed by atoms with E-state index in [4.69, 9.17) is 22.1 Å². The molecule has 0 aromatic rings. The molecule has 13 heteroatoms. The van der Waals surface area contributed by atoms with Gasteiger partial charge in [-0.15, -0.1) is 0 Å². The molecule has 2 saturated heterocycles. The third-order valence-corrected chi connectivity index (χ3v) is 4.77. The first kappa shape index (κ1) is 21.4. The number of nitrogens with zero attached hydrogens (tertiary/aromatic N) is 1. The van der Waals surface area contributed by atoms with Crippen LogP contribution in [0.25, 0.3) is 0 Å². The molecular formula is C14H21N3O9S. The van der Waals surface area contributed by atoms with Gasteiger partial charge in [-0.25, -0.2) is 0 Å². The van der Waals surface area contributed by atoms with Crippen LogP contribution in [0.3, 0.4) is 0 Å². The average molecular weight is 407 g/mol. The second-order valence-corrected chi connectivity index (χ2v) is 6.59. The number of methoxy groups -OCH3 is 1. The van der Waals surface area contributed by atoms with Gasteiger partial charge in [0, 0.05) is 0 Å². The van der Waals surface area contributed by atoms with E-state index in [-0.39, 0.29) is 11.7 Å².